The van der Waals surface area contributed by atoms with E-state index < -0.39 is 0 Å². The first-order valence-electron chi connectivity index (χ1n) is 9.10. The van der Waals surface area contributed by atoms with Crippen LogP contribution in [0.25, 0.3) is 0 Å². The fourth-order valence-corrected chi connectivity index (χ4v) is 4.50. The topological polar surface area (TPSA) is 75.2 Å². The molecule has 0 unspecified atom stereocenters. The number of hydrogen-bond acceptors (Lipinski definition) is 6. The van der Waals surface area contributed by atoms with Crippen molar-refractivity contribution in [3.8, 4) is 0 Å². The average molecular weight is 405 g/mol. The second-order valence-electron chi connectivity index (χ2n) is 6.71. The summed E-state index contributed by atoms with van der Waals surface area (Å²) in [7, 11) is 0. The van der Waals surface area contributed by atoms with Crippen LogP contribution in [0.1, 0.15) is 33.8 Å². The molecule has 0 bridgehead atoms. The van der Waals surface area contributed by atoms with Gasteiger partial charge in [-0.25, -0.2) is 0 Å². The van der Waals surface area contributed by atoms with Gasteiger partial charge in [-0.15, -0.1) is 16.9 Å². The van der Waals surface area contributed by atoms with Gasteiger partial charge in [0.1, 0.15) is 4.88 Å². The molecule has 1 aliphatic rings. The lowest BCUT2D eigenvalue weighted by Crippen LogP contribution is -2.41. The molecule has 0 atom stereocenters. The van der Waals surface area contributed by atoms with E-state index in [1.54, 1.807) is 11.8 Å². The molecule has 2 amide bonds. The Labute approximate surface area is 167 Å². The summed E-state index contributed by atoms with van der Waals surface area (Å²) < 4.78 is 3.84. The number of piperidine rings is 1. The molecule has 0 aliphatic carbocycles. The predicted molar refractivity (Wildman–Crippen MR) is 109 cm³/mol. The highest BCUT2D eigenvalue weighted by Gasteiger charge is 2.26. The van der Waals surface area contributed by atoms with Gasteiger partial charge in [0.2, 0.25) is 5.91 Å². The van der Waals surface area contributed by atoms with Crippen LogP contribution in [-0.2, 0) is 10.5 Å². The molecule has 144 valence electrons. The molecule has 2 aromatic rings. The Hall–Kier alpha value is -1.93. The predicted octanol–water partition coefficient (Wildman–Crippen LogP) is 2.75. The van der Waals surface area contributed by atoms with Crippen LogP contribution in [0.15, 0.2) is 30.3 Å². The summed E-state index contributed by atoms with van der Waals surface area (Å²) in [6, 6.07) is 10.2. The van der Waals surface area contributed by atoms with E-state index in [1.807, 2.05) is 30.0 Å². The molecule has 1 fully saturated rings. The first-order chi connectivity index (χ1) is 13.1. The molecule has 0 saturated carbocycles. The maximum absolute atomic E-state index is 12.5. The van der Waals surface area contributed by atoms with Crippen LogP contribution in [0, 0.1) is 12.8 Å². The van der Waals surface area contributed by atoms with Gasteiger partial charge in [0.15, 0.2) is 0 Å². The number of aryl methyl sites for hydroxylation is 1. The Morgan fingerprint density at radius 3 is 2.67 bits per heavy atom. The number of thioether (sulfide) groups is 1. The van der Waals surface area contributed by atoms with Gasteiger partial charge in [-0.3, -0.25) is 9.59 Å². The molecule has 6 nitrogen and oxygen atoms in total. The lowest BCUT2D eigenvalue weighted by atomic mass is 9.96. The van der Waals surface area contributed by atoms with Gasteiger partial charge in [-0.05, 0) is 42.8 Å². The Balaban J connectivity index is 1.33. The van der Waals surface area contributed by atoms with Crippen molar-refractivity contribution in [2.75, 3.05) is 25.4 Å². The molecule has 1 aromatic carbocycles. The summed E-state index contributed by atoms with van der Waals surface area (Å²) in [5.41, 5.74) is 1.94. The van der Waals surface area contributed by atoms with E-state index in [-0.39, 0.29) is 11.8 Å². The third-order valence-electron chi connectivity index (χ3n) is 4.68. The van der Waals surface area contributed by atoms with Crippen LogP contribution in [0.3, 0.4) is 0 Å². The molecule has 27 heavy (non-hydrogen) atoms. The van der Waals surface area contributed by atoms with Crippen molar-refractivity contribution in [1.82, 2.24) is 19.8 Å². The van der Waals surface area contributed by atoms with Gasteiger partial charge in [0.25, 0.3) is 5.91 Å². The summed E-state index contributed by atoms with van der Waals surface area (Å²) in [5, 5.41) is 6.95. The van der Waals surface area contributed by atoms with Crippen LogP contribution >= 0.6 is 23.3 Å². The summed E-state index contributed by atoms with van der Waals surface area (Å²) in [5.74, 6) is 1.87. The SMILES string of the molecule is Cc1nnsc1C(=O)N1CCC(CNC(=O)CSCc2ccccc2)CC1. The van der Waals surface area contributed by atoms with Crippen molar-refractivity contribution in [3.05, 3.63) is 46.5 Å². The third kappa shape index (κ3) is 5.77. The maximum Gasteiger partial charge on any atom is 0.267 e. The maximum atomic E-state index is 12.5. The lowest BCUT2D eigenvalue weighted by molar-refractivity contribution is -0.118. The quantitative estimate of drug-likeness (QED) is 0.768. The first kappa shape index (κ1) is 19.8. The van der Waals surface area contributed by atoms with Crippen molar-refractivity contribution in [2.45, 2.75) is 25.5 Å². The average Bonchev–Trinajstić information content (AvgIpc) is 3.13. The number of hydrogen-bond donors (Lipinski definition) is 1. The monoisotopic (exact) mass is 404 g/mol. The van der Waals surface area contributed by atoms with E-state index in [9.17, 15) is 9.59 Å². The summed E-state index contributed by atoms with van der Waals surface area (Å²) >= 11 is 2.79. The summed E-state index contributed by atoms with van der Waals surface area (Å²) in [4.78, 5) is 27.0. The molecule has 2 heterocycles. The standard InChI is InChI=1S/C19H24N4O2S2/c1-14-18(27-22-21-14)19(25)23-9-7-15(8-10-23)11-20-17(24)13-26-12-16-5-3-2-4-6-16/h2-6,15H,7-13H2,1H3,(H,20,24). The van der Waals surface area contributed by atoms with E-state index >= 15 is 0 Å². The zero-order chi connectivity index (χ0) is 19.1. The van der Waals surface area contributed by atoms with Crippen molar-refractivity contribution >= 4 is 35.1 Å². The molecule has 0 spiro atoms. The minimum Gasteiger partial charge on any atom is -0.355 e. The Kier molecular flexibility index (Phi) is 7.23. The van der Waals surface area contributed by atoms with E-state index in [2.05, 4.69) is 27.0 Å². The summed E-state index contributed by atoms with van der Waals surface area (Å²) in [6.07, 6.45) is 1.82. The van der Waals surface area contributed by atoms with Crippen molar-refractivity contribution < 1.29 is 9.59 Å². The molecular weight excluding hydrogens is 380 g/mol. The van der Waals surface area contributed by atoms with Gasteiger partial charge < -0.3 is 10.2 Å². The van der Waals surface area contributed by atoms with E-state index in [1.165, 1.54) is 5.56 Å². The molecule has 1 N–H and O–H groups in total. The number of carbonyl (C=O) groups is 2. The Morgan fingerprint density at radius 1 is 1.26 bits per heavy atom. The molecule has 0 radical (unpaired) electrons. The molecule has 1 aliphatic heterocycles. The zero-order valence-corrected chi connectivity index (χ0v) is 17.0. The van der Waals surface area contributed by atoms with Gasteiger partial charge >= 0.3 is 0 Å². The van der Waals surface area contributed by atoms with E-state index in [4.69, 9.17) is 0 Å². The molecule has 8 heteroatoms. The van der Waals surface area contributed by atoms with Gasteiger partial charge in [-0.2, -0.15) is 0 Å². The molecule has 3 rings (SSSR count). The largest absolute Gasteiger partial charge is 0.355 e. The highest BCUT2D eigenvalue weighted by Crippen LogP contribution is 2.20. The number of benzene rings is 1. The van der Waals surface area contributed by atoms with Gasteiger partial charge in [0, 0.05) is 25.4 Å². The molecule has 1 aromatic heterocycles. The fraction of sp³-hybridized carbons (Fsp3) is 0.474. The number of amides is 2. The third-order valence-corrected chi connectivity index (χ3v) is 6.50. The number of rotatable bonds is 7. The minimum atomic E-state index is 0.0299. The highest BCUT2D eigenvalue weighted by molar-refractivity contribution is 7.99. The highest BCUT2D eigenvalue weighted by atomic mass is 32.2. The van der Waals surface area contributed by atoms with Crippen molar-refractivity contribution in [1.29, 1.82) is 0 Å². The van der Waals surface area contributed by atoms with Gasteiger partial charge in [0.05, 0.1) is 11.4 Å². The van der Waals surface area contributed by atoms with Crippen LogP contribution < -0.4 is 5.32 Å². The first-order valence-corrected chi connectivity index (χ1v) is 11.0. The van der Waals surface area contributed by atoms with Crippen molar-refractivity contribution in [3.63, 3.8) is 0 Å². The Morgan fingerprint density at radius 2 is 2.00 bits per heavy atom. The van der Waals surface area contributed by atoms with Crippen LogP contribution in [-0.4, -0.2) is 51.7 Å². The second kappa shape index (κ2) is 9.85. The summed E-state index contributed by atoms with van der Waals surface area (Å²) in [6.45, 7) is 3.95. The smallest absolute Gasteiger partial charge is 0.267 e. The van der Waals surface area contributed by atoms with Crippen molar-refractivity contribution in [2.24, 2.45) is 5.92 Å². The van der Waals surface area contributed by atoms with E-state index in [0.717, 1.165) is 43.2 Å². The molecule has 1 saturated heterocycles. The second-order valence-corrected chi connectivity index (χ2v) is 8.45. The minimum absolute atomic E-state index is 0.0299. The van der Waals surface area contributed by atoms with Crippen LogP contribution in [0.4, 0.5) is 0 Å². The number of likely N-dealkylation sites (tertiary alicyclic amines) is 1. The van der Waals surface area contributed by atoms with Gasteiger partial charge in [-0.1, -0.05) is 34.8 Å². The lowest BCUT2D eigenvalue weighted by Gasteiger charge is -2.31. The number of carbonyl (C=O) groups excluding carboxylic acids is 2. The van der Waals surface area contributed by atoms with Crippen LogP contribution in [0.5, 0.6) is 0 Å². The Bertz CT molecular complexity index is 758. The van der Waals surface area contributed by atoms with Crippen LogP contribution in [0.2, 0.25) is 0 Å². The number of aromatic nitrogens is 2. The normalized spacial score (nSPS) is 14.9. The number of nitrogens with one attached hydrogen (secondary N) is 1. The van der Waals surface area contributed by atoms with E-state index in [0.29, 0.717) is 28.8 Å². The molecular formula is C19H24N4O2S2. The number of nitrogens with zero attached hydrogens (tertiary/aromatic N) is 3. The zero-order valence-electron chi connectivity index (χ0n) is 15.4. The fourth-order valence-electron chi connectivity index (χ4n) is 3.06.